The minimum Gasteiger partial charge on any atom is -0.376 e. The topological polar surface area (TPSA) is 39.1 Å². The molecule has 1 N–H and O–H groups in total. The van der Waals surface area contributed by atoms with E-state index in [9.17, 15) is 0 Å². The van der Waals surface area contributed by atoms with Crippen LogP contribution in [0, 0.1) is 0 Å². The van der Waals surface area contributed by atoms with Gasteiger partial charge in [0.15, 0.2) is 0 Å². The molecule has 1 fully saturated rings. The fraction of sp³-hybridized carbons (Fsp3) is 0.812. The Morgan fingerprint density at radius 3 is 2.70 bits per heavy atom. The largest absolute Gasteiger partial charge is 0.376 e. The van der Waals surface area contributed by atoms with Crippen molar-refractivity contribution in [3.63, 3.8) is 0 Å². The highest BCUT2D eigenvalue weighted by atomic mass is 16.5. The van der Waals surface area contributed by atoms with Gasteiger partial charge in [-0.2, -0.15) is 5.10 Å². The molecule has 0 spiro atoms. The lowest BCUT2D eigenvalue weighted by molar-refractivity contribution is -0.0684. The summed E-state index contributed by atoms with van der Waals surface area (Å²) in [6.07, 6.45) is 11.4. The molecule has 1 aromatic heterocycles. The zero-order valence-electron chi connectivity index (χ0n) is 13.2. The number of hydrogen-bond acceptors (Lipinski definition) is 3. The number of ether oxygens (including phenoxy) is 1. The number of nitrogens with one attached hydrogen (secondary N) is 1. The molecule has 0 bridgehead atoms. The van der Waals surface area contributed by atoms with Crippen LogP contribution in [0.3, 0.4) is 0 Å². The number of methoxy groups -OCH3 is 1. The van der Waals surface area contributed by atoms with E-state index in [1.165, 1.54) is 24.8 Å². The van der Waals surface area contributed by atoms with Crippen molar-refractivity contribution < 1.29 is 4.74 Å². The van der Waals surface area contributed by atoms with Gasteiger partial charge in [-0.1, -0.05) is 33.1 Å². The monoisotopic (exact) mass is 279 g/mol. The molecule has 114 valence electrons. The second kappa shape index (κ2) is 7.23. The maximum Gasteiger partial charge on any atom is 0.0873 e. The molecule has 4 nitrogen and oxygen atoms in total. The maximum absolute atomic E-state index is 6.02. The first-order chi connectivity index (χ1) is 9.75. The summed E-state index contributed by atoms with van der Waals surface area (Å²) in [5.74, 6) is 0. The van der Waals surface area contributed by atoms with Crippen molar-refractivity contribution in [1.82, 2.24) is 15.1 Å². The number of likely N-dealkylation sites (N-methyl/N-ethyl adjacent to an activating group) is 1. The Morgan fingerprint density at radius 1 is 1.35 bits per heavy atom. The van der Waals surface area contributed by atoms with Crippen LogP contribution in [0.15, 0.2) is 12.4 Å². The van der Waals surface area contributed by atoms with E-state index < -0.39 is 0 Å². The van der Waals surface area contributed by atoms with E-state index in [1.807, 2.05) is 18.0 Å². The molecule has 1 unspecified atom stereocenters. The Kier molecular flexibility index (Phi) is 5.61. The molecule has 1 aliphatic carbocycles. The lowest BCUT2D eigenvalue weighted by atomic mass is 9.77. The lowest BCUT2D eigenvalue weighted by Gasteiger charge is -2.42. The first-order valence-electron chi connectivity index (χ1n) is 8.06. The van der Waals surface area contributed by atoms with Crippen LogP contribution in [-0.4, -0.2) is 29.0 Å². The second-order valence-electron chi connectivity index (χ2n) is 5.86. The Hall–Kier alpha value is -0.870. The van der Waals surface area contributed by atoms with Gasteiger partial charge in [0, 0.05) is 25.4 Å². The molecular formula is C16H29N3O. The molecule has 0 aromatic carbocycles. The first-order valence-corrected chi connectivity index (χ1v) is 8.06. The summed E-state index contributed by atoms with van der Waals surface area (Å²) in [5, 5.41) is 8.13. The molecule has 0 amide bonds. The molecule has 1 aliphatic rings. The summed E-state index contributed by atoms with van der Waals surface area (Å²) in [5.41, 5.74) is 1.21. The third-order valence-corrected chi connectivity index (χ3v) is 4.48. The Morgan fingerprint density at radius 2 is 2.10 bits per heavy atom. The quantitative estimate of drug-likeness (QED) is 0.832. The van der Waals surface area contributed by atoms with Crippen molar-refractivity contribution >= 4 is 0 Å². The molecule has 20 heavy (non-hydrogen) atoms. The minimum absolute atomic E-state index is 0.0612. The van der Waals surface area contributed by atoms with Gasteiger partial charge in [0.25, 0.3) is 0 Å². The number of aryl methyl sites for hydroxylation is 1. The number of nitrogens with zero attached hydrogens (tertiary/aromatic N) is 2. The van der Waals surface area contributed by atoms with E-state index in [4.69, 9.17) is 4.74 Å². The van der Waals surface area contributed by atoms with E-state index in [2.05, 4.69) is 30.5 Å². The fourth-order valence-corrected chi connectivity index (χ4v) is 3.45. The predicted octanol–water partition coefficient (Wildman–Crippen LogP) is 3.29. The average molecular weight is 279 g/mol. The second-order valence-corrected chi connectivity index (χ2v) is 5.86. The van der Waals surface area contributed by atoms with Crippen LogP contribution in [-0.2, 0) is 11.3 Å². The normalized spacial score (nSPS) is 19.9. The molecule has 1 aromatic rings. The summed E-state index contributed by atoms with van der Waals surface area (Å²) in [6.45, 7) is 6.28. The molecule has 1 atom stereocenters. The van der Waals surface area contributed by atoms with Gasteiger partial charge in [-0.25, -0.2) is 0 Å². The van der Waals surface area contributed by atoms with Crippen LogP contribution >= 0.6 is 0 Å². The summed E-state index contributed by atoms with van der Waals surface area (Å²) < 4.78 is 8.07. The SMILES string of the molecule is CCCn1cc(C(NCC)C2(OC)CCCCC2)cn1. The van der Waals surface area contributed by atoms with Crippen LogP contribution in [0.5, 0.6) is 0 Å². The highest BCUT2D eigenvalue weighted by Crippen LogP contribution is 2.41. The van der Waals surface area contributed by atoms with Crippen molar-refractivity contribution in [3.8, 4) is 0 Å². The molecule has 4 heteroatoms. The Balaban J connectivity index is 2.23. The molecule has 1 saturated carbocycles. The Labute approximate surface area is 122 Å². The average Bonchev–Trinajstić information content (AvgIpc) is 2.94. The van der Waals surface area contributed by atoms with Crippen molar-refractivity contribution in [2.24, 2.45) is 0 Å². The summed E-state index contributed by atoms with van der Waals surface area (Å²) in [4.78, 5) is 0. The van der Waals surface area contributed by atoms with Gasteiger partial charge >= 0.3 is 0 Å². The van der Waals surface area contributed by atoms with Gasteiger partial charge in [0.05, 0.1) is 17.8 Å². The van der Waals surface area contributed by atoms with Crippen LogP contribution in [0.2, 0.25) is 0 Å². The summed E-state index contributed by atoms with van der Waals surface area (Å²) in [6, 6.07) is 0.253. The molecular weight excluding hydrogens is 250 g/mol. The number of hydrogen-bond donors (Lipinski definition) is 1. The van der Waals surface area contributed by atoms with Gasteiger partial charge in [-0.05, 0) is 25.8 Å². The summed E-state index contributed by atoms with van der Waals surface area (Å²) in [7, 11) is 1.87. The number of rotatable bonds is 7. The van der Waals surface area contributed by atoms with E-state index in [0.29, 0.717) is 0 Å². The lowest BCUT2D eigenvalue weighted by Crippen LogP contribution is -2.46. The predicted molar refractivity (Wildman–Crippen MR) is 81.8 cm³/mol. The van der Waals surface area contributed by atoms with Gasteiger partial charge < -0.3 is 10.1 Å². The first kappa shape index (κ1) is 15.5. The van der Waals surface area contributed by atoms with Crippen molar-refractivity contribution in [2.45, 2.75) is 70.6 Å². The van der Waals surface area contributed by atoms with Crippen molar-refractivity contribution in [3.05, 3.63) is 18.0 Å². The highest BCUT2D eigenvalue weighted by molar-refractivity contribution is 5.17. The molecule has 0 saturated heterocycles. The van der Waals surface area contributed by atoms with E-state index in [-0.39, 0.29) is 11.6 Å². The number of aromatic nitrogens is 2. The molecule has 1 heterocycles. The Bertz CT molecular complexity index is 396. The van der Waals surface area contributed by atoms with E-state index >= 15 is 0 Å². The summed E-state index contributed by atoms with van der Waals surface area (Å²) >= 11 is 0. The fourth-order valence-electron chi connectivity index (χ4n) is 3.45. The van der Waals surface area contributed by atoms with Crippen molar-refractivity contribution in [2.75, 3.05) is 13.7 Å². The van der Waals surface area contributed by atoms with Gasteiger partial charge in [-0.15, -0.1) is 0 Å². The third kappa shape index (κ3) is 3.23. The standard InChI is InChI=1S/C16H29N3O/c1-4-11-19-13-14(12-18-19)15(17-5-2)16(20-3)9-7-6-8-10-16/h12-13,15,17H,4-11H2,1-3H3. The van der Waals surface area contributed by atoms with Crippen LogP contribution < -0.4 is 5.32 Å². The minimum atomic E-state index is -0.0612. The molecule has 0 radical (unpaired) electrons. The van der Waals surface area contributed by atoms with Crippen LogP contribution in [0.4, 0.5) is 0 Å². The van der Waals surface area contributed by atoms with Crippen molar-refractivity contribution in [1.29, 1.82) is 0 Å². The van der Waals surface area contributed by atoms with Gasteiger partial charge in [-0.3, -0.25) is 4.68 Å². The highest BCUT2D eigenvalue weighted by Gasteiger charge is 2.41. The van der Waals surface area contributed by atoms with Gasteiger partial charge in [0.1, 0.15) is 0 Å². The zero-order chi connectivity index (χ0) is 14.4. The third-order valence-electron chi connectivity index (χ3n) is 4.48. The maximum atomic E-state index is 6.02. The van der Waals surface area contributed by atoms with Gasteiger partial charge in [0.2, 0.25) is 0 Å². The smallest absolute Gasteiger partial charge is 0.0873 e. The van der Waals surface area contributed by atoms with E-state index in [1.54, 1.807) is 0 Å². The zero-order valence-corrected chi connectivity index (χ0v) is 13.2. The van der Waals surface area contributed by atoms with Crippen LogP contribution in [0.25, 0.3) is 0 Å². The van der Waals surface area contributed by atoms with Crippen LogP contribution in [0.1, 0.15) is 64.0 Å². The molecule has 0 aliphatic heterocycles. The van der Waals surface area contributed by atoms with E-state index in [0.717, 1.165) is 32.4 Å². The molecule has 2 rings (SSSR count).